The number of H-pyrrole nitrogens is 1. The predicted molar refractivity (Wildman–Crippen MR) is 134 cm³/mol. The van der Waals surface area contributed by atoms with Gasteiger partial charge in [0.2, 0.25) is 0 Å². The first-order valence-corrected chi connectivity index (χ1v) is 11.9. The fraction of sp³-hybridized carbons (Fsp3) is 0.308. The Morgan fingerprint density at radius 1 is 1.09 bits per heavy atom. The van der Waals surface area contributed by atoms with Crippen LogP contribution in [0, 0.1) is 5.92 Å². The summed E-state index contributed by atoms with van der Waals surface area (Å²) in [6, 6.07) is 17.3. The first-order valence-electron chi connectivity index (χ1n) is 11.0. The van der Waals surface area contributed by atoms with E-state index in [0.29, 0.717) is 35.0 Å². The van der Waals surface area contributed by atoms with Gasteiger partial charge in [0.25, 0.3) is 5.56 Å². The third-order valence-electron chi connectivity index (χ3n) is 5.51. The number of aliphatic hydroxyl groups is 1. The lowest BCUT2D eigenvalue weighted by Crippen LogP contribution is -2.33. The van der Waals surface area contributed by atoms with Crippen LogP contribution in [0.5, 0.6) is 5.75 Å². The standard InChI is InChI=1S/C26H29N3O3S/c1-17(2)13-29(14-22(30)19-7-5-4-6-8-19)15-23-27-25(31)24-21(16-33-26(24)28-23)18-9-11-20(32-3)12-10-18/h4-12,16-17,22,30H,13-15H2,1-3H3,(H,27,28,31). The smallest absolute Gasteiger partial charge is 0.260 e. The number of nitrogens with zero attached hydrogens (tertiary/aromatic N) is 2. The number of aliphatic hydroxyl groups excluding tert-OH is 1. The molecule has 6 nitrogen and oxygen atoms in total. The average molecular weight is 464 g/mol. The Morgan fingerprint density at radius 3 is 2.48 bits per heavy atom. The molecule has 1 atom stereocenters. The number of rotatable bonds is 9. The lowest BCUT2D eigenvalue weighted by atomic mass is 10.1. The molecule has 0 bridgehead atoms. The number of thiophene rings is 1. The molecule has 1 unspecified atom stereocenters. The van der Waals surface area contributed by atoms with Crippen molar-refractivity contribution in [1.82, 2.24) is 14.9 Å². The van der Waals surface area contributed by atoms with Gasteiger partial charge < -0.3 is 14.8 Å². The molecule has 0 saturated heterocycles. The maximum atomic E-state index is 13.0. The summed E-state index contributed by atoms with van der Waals surface area (Å²) in [4.78, 5) is 23.6. The topological polar surface area (TPSA) is 78.5 Å². The monoisotopic (exact) mass is 463 g/mol. The van der Waals surface area contributed by atoms with Crippen molar-refractivity contribution in [3.8, 4) is 16.9 Å². The molecule has 2 aromatic carbocycles. The Bertz CT molecular complexity index is 1250. The molecule has 2 N–H and O–H groups in total. The van der Waals surface area contributed by atoms with E-state index >= 15 is 0 Å². The Labute approximate surface area is 197 Å². The molecule has 0 saturated carbocycles. The number of nitrogens with one attached hydrogen (secondary N) is 1. The second kappa shape index (κ2) is 10.3. The van der Waals surface area contributed by atoms with Gasteiger partial charge in [0.05, 0.1) is 25.1 Å². The number of ether oxygens (including phenoxy) is 1. The molecule has 0 aliphatic carbocycles. The molecule has 0 radical (unpaired) electrons. The van der Waals surface area contributed by atoms with Gasteiger partial charge in [-0.05, 0) is 29.2 Å². The van der Waals surface area contributed by atoms with Crippen LogP contribution in [0.4, 0.5) is 0 Å². The summed E-state index contributed by atoms with van der Waals surface area (Å²) in [5.41, 5.74) is 2.56. The van der Waals surface area contributed by atoms with Crippen molar-refractivity contribution in [2.75, 3.05) is 20.2 Å². The molecular weight excluding hydrogens is 434 g/mol. The summed E-state index contributed by atoms with van der Waals surface area (Å²) in [5.74, 6) is 1.79. The molecule has 2 aromatic heterocycles. The van der Waals surface area contributed by atoms with Gasteiger partial charge in [-0.25, -0.2) is 4.98 Å². The van der Waals surface area contributed by atoms with Crippen LogP contribution in [0.1, 0.15) is 31.3 Å². The third kappa shape index (κ3) is 5.50. The second-order valence-corrected chi connectivity index (χ2v) is 9.44. The van der Waals surface area contributed by atoms with Crippen LogP contribution >= 0.6 is 11.3 Å². The summed E-state index contributed by atoms with van der Waals surface area (Å²) in [6.07, 6.45) is -0.608. The molecule has 0 aliphatic heterocycles. The van der Waals surface area contributed by atoms with Crippen molar-refractivity contribution in [3.63, 3.8) is 0 Å². The van der Waals surface area contributed by atoms with E-state index in [1.807, 2.05) is 60.0 Å². The van der Waals surface area contributed by atoms with E-state index in [2.05, 4.69) is 23.7 Å². The molecule has 7 heteroatoms. The first-order chi connectivity index (χ1) is 15.9. The van der Waals surface area contributed by atoms with Crippen molar-refractivity contribution < 1.29 is 9.84 Å². The molecular formula is C26H29N3O3S. The fourth-order valence-electron chi connectivity index (χ4n) is 4.01. The minimum Gasteiger partial charge on any atom is -0.497 e. The SMILES string of the molecule is COc1ccc(-c2csc3nc(CN(CC(C)C)CC(O)c4ccccc4)[nH]c(=O)c23)cc1. The van der Waals surface area contributed by atoms with Gasteiger partial charge in [0, 0.05) is 24.0 Å². The zero-order valence-electron chi connectivity index (χ0n) is 19.1. The zero-order chi connectivity index (χ0) is 23.4. The van der Waals surface area contributed by atoms with E-state index in [9.17, 15) is 9.90 Å². The molecule has 0 fully saturated rings. The maximum absolute atomic E-state index is 13.0. The lowest BCUT2D eigenvalue weighted by molar-refractivity contribution is 0.100. The second-order valence-electron chi connectivity index (χ2n) is 8.59. The number of fused-ring (bicyclic) bond motifs is 1. The van der Waals surface area contributed by atoms with Gasteiger partial charge in [-0.15, -0.1) is 11.3 Å². The molecule has 172 valence electrons. The van der Waals surface area contributed by atoms with E-state index in [-0.39, 0.29) is 5.56 Å². The van der Waals surface area contributed by atoms with Gasteiger partial charge >= 0.3 is 0 Å². The highest BCUT2D eigenvalue weighted by Crippen LogP contribution is 2.31. The van der Waals surface area contributed by atoms with Gasteiger partial charge in [-0.3, -0.25) is 9.69 Å². The number of benzene rings is 2. The molecule has 4 aromatic rings. The van der Waals surface area contributed by atoms with Crippen LogP contribution in [0.25, 0.3) is 21.3 Å². The molecule has 4 rings (SSSR count). The summed E-state index contributed by atoms with van der Waals surface area (Å²) in [7, 11) is 1.63. The first kappa shape index (κ1) is 23.2. The van der Waals surface area contributed by atoms with E-state index in [0.717, 1.165) is 29.0 Å². The summed E-state index contributed by atoms with van der Waals surface area (Å²) < 4.78 is 5.23. The van der Waals surface area contributed by atoms with Crippen LogP contribution in [-0.4, -0.2) is 40.2 Å². The minimum atomic E-state index is -0.608. The zero-order valence-corrected chi connectivity index (χ0v) is 19.9. The number of hydrogen-bond donors (Lipinski definition) is 2. The van der Waals surface area contributed by atoms with E-state index in [1.165, 1.54) is 11.3 Å². The predicted octanol–water partition coefficient (Wildman–Crippen LogP) is 4.85. The van der Waals surface area contributed by atoms with Gasteiger partial charge in [-0.1, -0.05) is 56.3 Å². The number of aromatic amines is 1. The molecule has 33 heavy (non-hydrogen) atoms. The van der Waals surface area contributed by atoms with Gasteiger partial charge in [0.15, 0.2) is 0 Å². The average Bonchev–Trinajstić information content (AvgIpc) is 3.24. The summed E-state index contributed by atoms with van der Waals surface area (Å²) >= 11 is 1.47. The number of aromatic nitrogens is 2. The van der Waals surface area contributed by atoms with Gasteiger partial charge in [-0.2, -0.15) is 0 Å². The number of hydrogen-bond acceptors (Lipinski definition) is 6. The molecule has 0 aliphatic rings. The normalized spacial score (nSPS) is 12.5. The number of methoxy groups -OCH3 is 1. The largest absolute Gasteiger partial charge is 0.497 e. The van der Waals surface area contributed by atoms with E-state index < -0.39 is 6.10 Å². The van der Waals surface area contributed by atoms with Crippen LogP contribution in [0.2, 0.25) is 0 Å². The highest BCUT2D eigenvalue weighted by molar-refractivity contribution is 7.17. The fourth-order valence-corrected chi connectivity index (χ4v) is 4.98. The Kier molecular flexibility index (Phi) is 7.23. The highest BCUT2D eigenvalue weighted by atomic mass is 32.1. The highest BCUT2D eigenvalue weighted by Gasteiger charge is 2.18. The van der Waals surface area contributed by atoms with Crippen LogP contribution in [0.15, 0.2) is 64.8 Å². The van der Waals surface area contributed by atoms with Crippen LogP contribution in [-0.2, 0) is 6.54 Å². The summed E-state index contributed by atoms with van der Waals surface area (Å²) in [6.45, 7) is 5.99. The van der Waals surface area contributed by atoms with Crippen molar-refractivity contribution in [2.24, 2.45) is 5.92 Å². The van der Waals surface area contributed by atoms with Crippen molar-refractivity contribution >= 4 is 21.6 Å². The van der Waals surface area contributed by atoms with Gasteiger partial charge in [0.1, 0.15) is 16.4 Å². The third-order valence-corrected chi connectivity index (χ3v) is 6.38. The Hall–Kier alpha value is -3.00. The Morgan fingerprint density at radius 2 is 1.82 bits per heavy atom. The maximum Gasteiger partial charge on any atom is 0.260 e. The lowest BCUT2D eigenvalue weighted by Gasteiger charge is -2.26. The van der Waals surface area contributed by atoms with E-state index in [4.69, 9.17) is 9.72 Å². The van der Waals surface area contributed by atoms with Crippen molar-refractivity contribution in [3.05, 3.63) is 81.7 Å². The molecule has 2 heterocycles. The van der Waals surface area contributed by atoms with Crippen LogP contribution in [0.3, 0.4) is 0 Å². The van der Waals surface area contributed by atoms with E-state index in [1.54, 1.807) is 7.11 Å². The van der Waals surface area contributed by atoms with Crippen LogP contribution < -0.4 is 10.3 Å². The minimum absolute atomic E-state index is 0.143. The molecule has 0 amide bonds. The molecule has 0 spiro atoms. The quantitative estimate of drug-likeness (QED) is 0.371. The van der Waals surface area contributed by atoms with Crippen molar-refractivity contribution in [1.29, 1.82) is 0 Å². The summed E-state index contributed by atoms with van der Waals surface area (Å²) in [5, 5.41) is 13.3. The Balaban J connectivity index is 1.59. The van der Waals surface area contributed by atoms with Crippen molar-refractivity contribution in [2.45, 2.75) is 26.5 Å².